The molecule has 3 saturated heterocycles. The first-order valence-corrected chi connectivity index (χ1v) is 15.1. The van der Waals surface area contributed by atoms with Crippen LogP contribution in [-0.4, -0.2) is 69.4 Å². The molecule has 0 aromatic heterocycles. The van der Waals surface area contributed by atoms with Crippen molar-refractivity contribution < 1.29 is 9.59 Å². The number of nitrogens with one attached hydrogen (secondary N) is 1. The summed E-state index contributed by atoms with van der Waals surface area (Å²) in [7, 11) is 0. The third kappa shape index (κ3) is 5.29. The van der Waals surface area contributed by atoms with Crippen molar-refractivity contribution in [1.82, 2.24) is 20.0 Å². The van der Waals surface area contributed by atoms with Crippen LogP contribution in [0.3, 0.4) is 0 Å². The number of hydrogen-bond donors (Lipinski definition) is 1. The number of allylic oxidation sites excluding steroid dienone is 2. The van der Waals surface area contributed by atoms with Gasteiger partial charge >= 0.3 is 0 Å². The van der Waals surface area contributed by atoms with Gasteiger partial charge in [-0.2, -0.15) is 0 Å². The number of hydrogen-bond acceptors (Lipinski definition) is 4. The van der Waals surface area contributed by atoms with E-state index < -0.39 is 5.54 Å². The first-order chi connectivity index (χ1) is 18.2. The van der Waals surface area contributed by atoms with Crippen molar-refractivity contribution in [3.05, 3.63) is 47.0 Å². The highest BCUT2D eigenvalue weighted by atomic mass is 35.5. The van der Waals surface area contributed by atoms with E-state index in [-0.39, 0.29) is 36.1 Å². The van der Waals surface area contributed by atoms with Crippen LogP contribution in [0.15, 0.2) is 36.4 Å². The maximum absolute atomic E-state index is 14.0. The smallest absolute Gasteiger partial charge is 0.251 e. The standard InChI is InChI=1S/C31H45ClN4O2/c1-23(2)35-20-28(37)36(19-25-12-14-26(32)15-13-25)31(29(35)38)21-34(22-31)27-16-11-24(3)30(33-27)17-9-7-5-4-6-8-10-18-30/h4-5,12-15,23-24,27,33H,6-11,16-22H2,1-3H3/b5-4-. The van der Waals surface area contributed by atoms with Gasteiger partial charge in [0.15, 0.2) is 0 Å². The van der Waals surface area contributed by atoms with Crippen molar-refractivity contribution >= 4 is 23.4 Å². The minimum atomic E-state index is -0.793. The highest BCUT2D eigenvalue weighted by Gasteiger charge is 2.61. The molecular weight excluding hydrogens is 496 g/mol. The average Bonchev–Trinajstić information content (AvgIpc) is 2.87. The minimum absolute atomic E-state index is 0.00368. The quantitative estimate of drug-likeness (QED) is 0.522. The molecule has 6 nitrogen and oxygen atoms in total. The molecule has 1 aromatic carbocycles. The molecule has 3 unspecified atom stereocenters. The first-order valence-electron chi connectivity index (χ1n) is 14.8. The van der Waals surface area contributed by atoms with Gasteiger partial charge in [0.1, 0.15) is 12.1 Å². The zero-order valence-electron chi connectivity index (χ0n) is 23.4. The van der Waals surface area contributed by atoms with Gasteiger partial charge in [-0.1, -0.05) is 49.2 Å². The summed E-state index contributed by atoms with van der Waals surface area (Å²) in [5.41, 5.74) is 0.375. The predicted octanol–water partition coefficient (Wildman–Crippen LogP) is 5.36. The lowest BCUT2D eigenvalue weighted by atomic mass is 9.71. The molecule has 3 heterocycles. The molecule has 3 aliphatic heterocycles. The largest absolute Gasteiger partial charge is 0.329 e. The third-order valence-corrected chi connectivity index (χ3v) is 9.96. The van der Waals surface area contributed by atoms with Crippen LogP contribution in [0.5, 0.6) is 0 Å². The van der Waals surface area contributed by atoms with Crippen LogP contribution in [0.2, 0.25) is 5.02 Å². The molecule has 38 heavy (non-hydrogen) atoms. The Morgan fingerprint density at radius 2 is 1.68 bits per heavy atom. The van der Waals surface area contributed by atoms with Gasteiger partial charge in [0.2, 0.25) is 5.91 Å². The van der Waals surface area contributed by atoms with E-state index in [2.05, 4.69) is 29.3 Å². The monoisotopic (exact) mass is 540 g/mol. The Labute approximate surface area is 233 Å². The lowest BCUT2D eigenvalue weighted by Crippen LogP contribution is -2.83. The maximum Gasteiger partial charge on any atom is 0.251 e. The number of halogens is 1. The lowest BCUT2D eigenvalue weighted by Gasteiger charge is -2.62. The molecule has 2 spiro atoms. The van der Waals surface area contributed by atoms with Crippen LogP contribution in [0.25, 0.3) is 0 Å². The fraction of sp³-hybridized carbons (Fsp3) is 0.677. The Morgan fingerprint density at radius 1 is 1.00 bits per heavy atom. The lowest BCUT2D eigenvalue weighted by molar-refractivity contribution is -0.186. The average molecular weight is 541 g/mol. The third-order valence-electron chi connectivity index (χ3n) is 9.70. The summed E-state index contributed by atoms with van der Waals surface area (Å²) in [6, 6.07) is 7.64. The molecule has 1 N–H and O–H groups in total. The molecule has 1 aromatic rings. The van der Waals surface area contributed by atoms with E-state index in [9.17, 15) is 9.59 Å². The van der Waals surface area contributed by atoms with E-state index in [1.165, 1.54) is 44.9 Å². The van der Waals surface area contributed by atoms with Crippen molar-refractivity contribution in [3.63, 3.8) is 0 Å². The number of likely N-dealkylation sites (tertiary alicyclic amines) is 1. The van der Waals surface area contributed by atoms with Crippen LogP contribution in [-0.2, 0) is 16.1 Å². The zero-order valence-corrected chi connectivity index (χ0v) is 24.2. The SMILES string of the molecule is CC(C)N1CC(=O)N(Cc2ccc(Cl)cc2)C2(CN(C3CCC(C)C4(CCC/C=C\CCCC4)N3)C2)C1=O. The van der Waals surface area contributed by atoms with Gasteiger partial charge in [-0.3, -0.25) is 19.8 Å². The minimum Gasteiger partial charge on any atom is -0.329 e. The molecule has 3 fully saturated rings. The van der Waals surface area contributed by atoms with E-state index in [1.807, 2.05) is 43.0 Å². The second-order valence-electron chi connectivity index (χ2n) is 12.5. The van der Waals surface area contributed by atoms with Crippen LogP contribution in [0.1, 0.15) is 84.1 Å². The Kier molecular flexibility index (Phi) is 8.23. The van der Waals surface area contributed by atoms with Gasteiger partial charge in [-0.25, -0.2) is 0 Å². The van der Waals surface area contributed by atoms with Gasteiger partial charge < -0.3 is 9.80 Å². The molecule has 1 aliphatic carbocycles. The van der Waals surface area contributed by atoms with Gasteiger partial charge in [0, 0.05) is 36.2 Å². The fourth-order valence-electron chi connectivity index (χ4n) is 7.25. The number of piperazine rings is 1. The molecule has 208 valence electrons. The molecule has 2 amide bonds. The number of nitrogens with zero attached hydrogens (tertiary/aromatic N) is 3. The summed E-state index contributed by atoms with van der Waals surface area (Å²) in [5, 5.41) is 4.82. The number of rotatable bonds is 4. The fourth-order valence-corrected chi connectivity index (χ4v) is 7.37. The van der Waals surface area contributed by atoms with Gasteiger partial charge in [0.05, 0.1) is 6.17 Å². The summed E-state index contributed by atoms with van der Waals surface area (Å²) >= 11 is 6.11. The van der Waals surface area contributed by atoms with Crippen molar-refractivity contribution in [3.8, 4) is 0 Å². The molecule has 0 saturated carbocycles. The van der Waals surface area contributed by atoms with Crippen molar-refractivity contribution in [2.45, 2.75) is 108 Å². The summed E-state index contributed by atoms with van der Waals surface area (Å²) in [4.78, 5) is 33.5. The number of piperidine rings is 1. The Hall–Kier alpha value is -1.89. The van der Waals surface area contributed by atoms with E-state index in [4.69, 9.17) is 11.6 Å². The molecular formula is C31H45ClN4O2. The topological polar surface area (TPSA) is 55.9 Å². The molecule has 7 heteroatoms. The summed E-state index contributed by atoms with van der Waals surface area (Å²) in [6.45, 7) is 8.23. The Morgan fingerprint density at radius 3 is 2.39 bits per heavy atom. The maximum atomic E-state index is 14.0. The number of carbonyl (C=O) groups is 2. The van der Waals surface area contributed by atoms with Crippen LogP contribution in [0.4, 0.5) is 0 Å². The zero-order chi connectivity index (χ0) is 26.9. The highest BCUT2D eigenvalue weighted by molar-refractivity contribution is 6.30. The molecule has 0 radical (unpaired) electrons. The van der Waals surface area contributed by atoms with Crippen molar-refractivity contribution in [2.75, 3.05) is 19.6 Å². The molecule has 0 bridgehead atoms. The molecule has 3 atom stereocenters. The van der Waals surface area contributed by atoms with E-state index in [0.717, 1.165) is 18.4 Å². The summed E-state index contributed by atoms with van der Waals surface area (Å²) < 4.78 is 0. The molecule has 5 rings (SSSR count). The summed E-state index contributed by atoms with van der Waals surface area (Å²) in [5.74, 6) is 0.782. The second-order valence-corrected chi connectivity index (χ2v) is 12.9. The predicted molar refractivity (Wildman–Crippen MR) is 153 cm³/mol. The van der Waals surface area contributed by atoms with Crippen LogP contribution < -0.4 is 5.32 Å². The van der Waals surface area contributed by atoms with Gasteiger partial charge in [0.25, 0.3) is 5.91 Å². The highest BCUT2D eigenvalue weighted by Crippen LogP contribution is 2.42. The Balaban J connectivity index is 1.35. The van der Waals surface area contributed by atoms with Crippen molar-refractivity contribution in [2.24, 2.45) is 5.92 Å². The Bertz CT molecular complexity index is 1030. The normalized spacial score (nSPS) is 31.6. The van der Waals surface area contributed by atoms with Crippen molar-refractivity contribution in [1.29, 1.82) is 0 Å². The van der Waals surface area contributed by atoms with E-state index in [0.29, 0.717) is 30.6 Å². The molecule has 4 aliphatic rings. The van der Waals surface area contributed by atoms with Gasteiger partial charge in [-0.05, 0) is 88.8 Å². The number of carbonyl (C=O) groups excluding carboxylic acids is 2. The summed E-state index contributed by atoms with van der Waals surface area (Å²) in [6.07, 6.45) is 15.8. The number of benzene rings is 1. The number of amides is 2. The van der Waals surface area contributed by atoms with E-state index in [1.54, 1.807) is 4.90 Å². The van der Waals surface area contributed by atoms with Crippen LogP contribution >= 0.6 is 11.6 Å². The van der Waals surface area contributed by atoms with E-state index >= 15 is 0 Å². The van der Waals surface area contributed by atoms with Gasteiger partial charge in [-0.15, -0.1) is 0 Å². The first kappa shape index (κ1) is 27.7. The van der Waals surface area contributed by atoms with Crippen LogP contribution in [0, 0.1) is 5.92 Å². The second kappa shape index (κ2) is 11.3.